The summed E-state index contributed by atoms with van der Waals surface area (Å²) < 4.78 is 0. The molecule has 0 bridgehead atoms. The molecule has 10 nitrogen and oxygen atoms in total. The predicted octanol–water partition coefficient (Wildman–Crippen LogP) is 3.28. The van der Waals surface area contributed by atoms with Crippen molar-refractivity contribution in [3.63, 3.8) is 0 Å². The first-order valence-corrected chi connectivity index (χ1v) is 10.6. The Morgan fingerprint density at radius 2 is 1.69 bits per heavy atom. The van der Waals surface area contributed by atoms with Crippen molar-refractivity contribution in [1.29, 1.82) is 5.26 Å². The molecule has 0 saturated heterocycles. The minimum absolute atomic E-state index is 0.183. The molecular formula is C25H17N7O3. The molecule has 2 aromatic heterocycles. The monoisotopic (exact) mass is 463 g/mol. The van der Waals surface area contributed by atoms with Gasteiger partial charge in [-0.25, -0.2) is 4.98 Å². The van der Waals surface area contributed by atoms with Crippen molar-refractivity contribution in [2.24, 2.45) is 5.10 Å². The highest BCUT2D eigenvalue weighted by atomic mass is 16.2. The summed E-state index contributed by atoms with van der Waals surface area (Å²) in [5, 5.41) is 23.5. The minimum Gasteiger partial charge on any atom is -0.320 e. The molecule has 2 heterocycles. The van der Waals surface area contributed by atoms with Crippen LogP contribution in [-0.4, -0.2) is 38.4 Å². The summed E-state index contributed by atoms with van der Waals surface area (Å²) in [7, 11) is 0. The van der Waals surface area contributed by atoms with E-state index in [1.807, 2.05) is 19.9 Å². The van der Waals surface area contributed by atoms with E-state index in [1.165, 1.54) is 18.2 Å². The second-order valence-corrected chi connectivity index (χ2v) is 7.98. The fraction of sp³-hybridized carbons (Fsp3) is 0.0800. The van der Waals surface area contributed by atoms with Gasteiger partial charge in [0, 0.05) is 33.6 Å². The summed E-state index contributed by atoms with van der Waals surface area (Å²) in [6.45, 7) is 3.74. The van der Waals surface area contributed by atoms with Crippen LogP contribution in [0.1, 0.15) is 43.1 Å². The van der Waals surface area contributed by atoms with Crippen LogP contribution in [0, 0.1) is 25.2 Å². The average molecular weight is 463 g/mol. The number of nitriles is 1. The van der Waals surface area contributed by atoms with Crippen molar-refractivity contribution in [3.05, 3.63) is 82.0 Å². The molecule has 4 aromatic rings. The normalized spacial score (nSPS) is 12.7. The Kier molecular flexibility index (Phi) is 5.14. The molecule has 0 spiro atoms. The Morgan fingerprint density at radius 3 is 2.40 bits per heavy atom. The molecule has 1 aliphatic rings. The first-order valence-electron chi connectivity index (χ1n) is 10.6. The van der Waals surface area contributed by atoms with E-state index in [-0.39, 0.29) is 28.4 Å². The van der Waals surface area contributed by atoms with Crippen LogP contribution in [0.2, 0.25) is 0 Å². The van der Waals surface area contributed by atoms with Crippen molar-refractivity contribution in [1.82, 2.24) is 15.2 Å². The van der Waals surface area contributed by atoms with Crippen LogP contribution < -0.4 is 10.7 Å². The predicted molar refractivity (Wildman–Crippen MR) is 128 cm³/mol. The van der Waals surface area contributed by atoms with Gasteiger partial charge in [-0.05, 0) is 43.7 Å². The van der Waals surface area contributed by atoms with Crippen molar-refractivity contribution in [3.8, 4) is 6.07 Å². The molecule has 5 rings (SSSR count). The number of pyridine rings is 1. The summed E-state index contributed by atoms with van der Waals surface area (Å²) in [4.78, 5) is 42.7. The molecule has 35 heavy (non-hydrogen) atoms. The lowest BCUT2D eigenvalue weighted by molar-refractivity contribution is -0.110. The van der Waals surface area contributed by atoms with Crippen LogP contribution in [0.25, 0.3) is 11.0 Å². The maximum Gasteiger partial charge on any atom is 0.287 e. The van der Waals surface area contributed by atoms with E-state index in [1.54, 1.807) is 30.3 Å². The van der Waals surface area contributed by atoms with E-state index in [0.29, 0.717) is 28.0 Å². The molecule has 3 N–H and O–H groups in total. The third-order valence-electron chi connectivity index (χ3n) is 5.63. The Hall–Kier alpha value is -5.17. The van der Waals surface area contributed by atoms with Crippen molar-refractivity contribution >= 4 is 45.7 Å². The SMILES string of the molecule is Cc1cc(C)c2c(N/N=C(/C#N)C(=O)Nc3ccc4c(c3)C(=O)c3ccccc3C4=O)[nH]nc2n1. The molecule has 0 unspecified atom stereocenters. The smallest absolute Gasteiger partial charge is 0.287 e. The zero-order valence-corrected chi connectivity index (χ0v) is 18.6. The molecule has 10 heteroatoms. The lowest BCUT2D eigenvalue weighted by Gasteiger charge is -2.18. The van der Waals surface area contributed by atoms with Crippen LogP contribution in [0.15, 0.2) is 53.6 Å². The summed E-state index contributed by atoms with van der Waals surface area (Å²) in [5.74, 6) is -0.970. The first kappa shape index (κ1) is 21.7. The minimum atomic E-state index is -0.788. The number of hydrazone groups is 1. The number of aryl methyl sites for hydroxylation is 2. The lowest BCUT2D eigenvalue weighted by atomic mass is 9.84. The molecule has 0 aliphatic heterocycles. The fourth-order valence-electron chi connectivity index (χ4n) is 4.06. The van der Waals surface area contributed by atoms with Crippen LogP contribution >= 0.6 is 0 Å². The van der Waals surface area contributed by atoms with Crippen LogP contribution in [0.5, 0.6) is 0 Å². The van der Waals surface area contributed by atoms with Gasteiger partial charge < -0.3 is 5.32 Å². The van der Waals surface area contributed by atoms with Gasteiger partial charge in [-0.1, -0.05) is 24.3 Å². The van der Waals surface area contributed by atoms with Gasteiger partial charge in [0.15, 0.2) is 23.0 Å². The Morgan fingerprint density at radius 1 is 1.00 bits per heavy atom. The highest BCUT2D eigenvalue weighted by Gasteiger charge is 2.29. The highest BCUT2D eigenvalue weighted by molar-refractivity contribution is 6.48. The van der Waals surface area contributed by atoms with E-state index >= 15 is 0 Å². The number of aromatic amines is 1. The number of benzene rings is 2. The molecular weight excluding hydrogens is 446 g/mol. The molecule has 1 amide bonds. The van der Waals surface area contributed by atoms with Gasteiger partial charge in [-0.3, -0.25) is 24.9 Å². The van der Waals surface area contributed by atoms with Crippen molar-refractivity contribution < 1.29 is 14.4 Å². The number of ketones is 2. The topological polar surface area (TPSA) is 153 Å². The van der Waals surface area contributed by atoms with E-state index < -0.39 is 11.6 Å². The standard InChI is InChI=1S/C25H17N7O3/c1-12-9-13(2)27-23-20(12)24(32-30-23)31-29-19(11-26)25(35)28-14-7-8-17-18(10-14)22(34)16-6-4-3-5-15(16)21(17)33/h3-10H,1-2H3,(H,28,35)(H2,27,30,31,32)/b29-19-. The maximum absolute atomic E-state index is 12.9. The van der Waals surface area contributed by atoms with E-state index in [9.17, 15) is 19.6 Å². The molecule has 0 atom stereocenters. The van der Waals surface area contributed by atoms with Gasteiger partial charge >= 0.3 is 0 Å². The third kappa shape index (κ3) is 3.71. The Bertz CT molecular complexity index is 1640. The number of carbonyl (C=O) groups excluding carboxylic acids is 3. The van der Waals surface area contributed by atoms with E-state index in [2.05, 4.69) is 31.0 Å². The molecule has 0 saturated carbocycles. The number of fused-ring (bicyclic) bond motifs is 3. The van der Waals surface area contributed by atoms with E-state index in [0.717, 1.165) is 11.3 Å². The number of anilines is 2. The Balaban J connectivity index is 1.39. The first-order chi connectivity index (χ1) is 16.9. The quantitative estimate of drug-likeness (QED) is 0.273. The number of hydrogen-bond donors (Lipinski definition) is 3. The molecule has 0 radical (unpaired) electrons. The summed E-state index contributed by atoms with van der Waals surface area (Å²) >= 11 is 0. The van der Waals surface area contributed by atoms with Gasteiger partial charge in [0.1, 0.15) is 6.07 Å². The second kappa shape index (κ2) is 8.31. The third-order valence-corrected chi connectivity index (χ3v) is 5.63. The zero-order valence-electron chi connectivity index (χ0n) is 18.6. The van der Waals surface area contributed by atoms with Crippen LogP contribution in [0.3, 0.4) is 0 Å². The number of carbonyl (C=O) groups is 3. The van der Waals surface area contributed by atoms with Gasteiger partial charge in [0.05, 0.1) is 5.39 Å². The number of nitrogens with one attached hydrogen (secondary N) is 3. The Labute approximate surface area is 198 Å². The summed E-state index contributed by atoms with van der Waals surface area (Å²) in [6.07, 6.45) is 0. The number of amides is 1. The van der Waals surface area contributed by atoms with Gasteiger partial charge in [0.25, 0.3) is 5.91 Å². The van der Waals surface area contributed by atoms with Crippen molar-refractivity contribution in [2.75, 3.05) is 10.7 Å². The number of aromatic nitrogens is 3. The fourth-order valence-corrected chi connectivity index (χ4v) is 4.06. The molecule has 2 aromatic carbocycles. The molecule has 0 fully saturated rings. The van der Waals surface area contributed by atoms with Crippen molar-refractivity contribution in [2.45, 2.75) is 13.8 Å². The maximum atomic E-state index is 12.9. The number of nitrogens with zero attached hydrogens (tertiary/aromatic N) is 4. The lowest BCUT2D eigenvalue weighted by Crippen LogP contribution is -2.24. The summed E-state index contributed by atoms with van der Waals surface area (Å²) in [6, 6.07) is 14.6. The van der Waals surface area contributed by atoms with Crippen LogP contribution in [0.4, 0.5) is 11.5 Å². The van der Waals surface area contributed by atoms with Gasteiger partial charge in [-0.15, -0.1) is 0 Å². The summed E-state index contributed by atoms with van der Waals surface area (Å²) in [5.41, 5.74) is 5.76. The molecule has 170 valence electrons. The van der Waals surface area contributed by atoms with E-state index in [4.69, 9.17) is 0 Å². The largest absolute Gasteiger partial charge is 0.320 e. The zero-order chi connectivity index (χ0) is 24.7. The number of rotatable bonds is 4. The number of H-pyrrole nitrogens is 1. The highest BCUT2D eigenvalue weighted by Crippen LogP contribution is 2.29. The van der Waals surface area contributed by atoms with Gasteiger partial charge in [0.2, 0.25) is 5.71 Å². The molecule has 1 aliphatic carbocycles. The van der Waals surface area contributed by atoms with Crippen LogP contribution in [-0.2, 0) is 4.79 Å². The number of hydrogen-bond acceptors (Lipinski definition) is 8. The average Bonchev–Trinajstić information content (AvgIpc) is 3.26. The van der Waals surface area contributed by atoms with Gasteiger partial charge in [-0.2, -0.15) is 15.5 Å². The second-order valence-electron chi connectivity index (χ2n) is 7.98.